The van der Waals surface area contributed by atoms with Crippen LogP contribution in [-0.4, -0.2) is 5.91 Å². The Hall–Kier alpha value is -1.57. The van der Waals surface area contributed by atoms with Gasteiger partial charge in [-0.1, -0.05) is 42.8 Å². The number of hydrogen-bond acceptors (Lipinski definition) is 1. The van der Waals surface area contributed by atoms with E-state index < -0.39 is 0 Å². The molecule has 1 aliphatic rings. The molecule has 1 unspecified atom stereocenters. The first kappa shape index (κ1) is 10.9. The fourth-order valence-electron chi connectivity index (χ4n) is 2.27. The molecule has 16 heavy (non-hydrogen) atoms. The van der Waals surface area contributed by atoms with E-state index in [1.807, 2.05) is 25.1 Å². The van der Waals surface area contributed by atoms with Crippen molar-refractivity contribution in [3.05, 3.63) is 47.0 Å². The second kappa shape index (κ2) is 4.52. The molecule has 0 saturated heterocycles. The third-order valence-electron chi connectivity index (χ3n) is 3.16. The summed E-state index contributed by atoms with van der Waals surface area (Å²) in [5, 5.41) is 3.07. The average molecular weight is 215 g/mol. The normalized spacial score (nSPS) is 20.9. The predicted molar refractivity (Wildman–Crippen MR) is 64.9 cm³/mol. The molecule has 1 aromatic carbocycles. The summed E-state index contributed by atoms with van der Waals surface area (Å²) in [5.74, 6) is 0.0973. The molecule has 0 bridgehead atoms. The number of hydrogen-bond donors (Lipinski definition) is 1. The minimum atomic E-state index is 0.0973. The van der Waals surface area contributed by atoms with Crippen LogP contribution in [0.1, 0.15) is 38.3 Å². The van der Waals surface area contributed by atoms with Crippen molar-refractivity contribution in [2.24, 2.45) is 0 Å². The highest BCUT2D eigenvalue weighted by atomic mass is 16.1. The summed E-state index contributed by atoms with van der Waals surface area (Å²) in [6.45, 7) is 4.09. The Kier molecular flexibility index (Phi) is 3.09. The molecule has 2 heteroatoms. The van der Waals surface area contributed by atoms with Crippen LogP contribution in [0.5, 0.6) is 0 Å². The van der Waals surface area contributed by atoms with Crippen LogP contribution in [0.25, 0.3) is 0 Å². The van der Waals surface area contributed by atoms with Crippen LogP contribution in [0.2, 0.25) is 0 Å². The zero-order valence-electron chi connectivity index (χ0n) is 9.79. The summed E-state index contributed by atoms with van der Waals surface area (Å²) in [4.78, 5) is 11.9. The van der Waals surface area contributed by atoms with Crippen molar-refractivity contribution in [2.45, 2.75) is 32.7 Å². The first-order chi connectivity index (χ1) is 7.72. The van der Waals surface area contributed by atoms with Crippen molar-refractivity contribution in [3.8, 4) is 0 Å². The van der Waals surface area contributed by atoms with E-state index in [9.17, 15) is 4.79 Å². The standard InChI is InChI=1S/C14H17NO/c1-3-12-10(2)9-13(15-14(12)16)11-7-5-4-6-8-11/h4-8,13H,3,9H2,1-2H3,(H,15,16). The lowest BCUT2D eigenvalue weighted by Gasteiger charge is -2.26. The number of rotatable bonds is 2. The Morgan fingerprint density at radius 1 is 1.31 bits per heavy atom. The van der Waals surface area contributed by atoms with Crippen molar-refractivity contribution < 1.29 is 4.79 Å². The van der Waals surface area contributed by atoms with Gasteiger partial charge in [-0.3, -0.25) is 4.79 Å². The van der Waals surface area contributed by atoms with Gasteiger partial charge in [0.05, 0.1) is 6.04 Å². The van der Waals surface area contributed by atoms with Crippen molar-refractivity contribution >= 4 is 5.91 Å². The monoisotopic (exact) mass is 215 g/mol. The largest absolute Gasteiger partial charge is 0.345 e. The number of carbonyl (C=O) groups is 1. The van der Waals surface area contributed by atoms with Gasteiger partial charge in [-0.25, -0.2) is 0 Å². The Morgan fingerprint density at radius 2 is 2.00 bits per heavy atom. The van der Waals surface area contributed by atoms with Gasteiger partial charge in [-0.15, -0.1) is 0 Å². The van der Waals surface area contributed by atoms with E-state index in [1.165, 1.54) is 11.1 Å². The van der Waals surface area contributed by atoms with Gasteiger partial charge in [0.25, 0.3) is 0 Å². The molecule has 1 aliphatic heterocycles. The van der Waals surface area contributed by atoms with E-state index in [4.69, 9.17) is 0 Å². The molecule has 0 aromatic heterocycles. The van der Waals surface area contributed by atoms with Crippen LogP contribution >= 0.6 is 0 Å². The van der Waals surface area contributed by atoms with Crippen molar-refractivity contribution in [1.29, 1.82) is 0 Å². The van der Waals surface area contributed by atoms with Gasteiger partial charge in [0, 0.05) is 5.57 Å². The van der Waals surface area contributed by atoms with Crippen LogP contribution in [0.3, 0.4) is 0 Å². The van der Waals surface area contributed by atoms with Crippen molar-refractivity contribution in [2.75, 3.05) is 0 Å². The first-order valence-electron chi connectivity index (χ1n) is 5.76. The minimum absolute atomic E-state index is 0.0973. The van der Waals surface area contributed by atoms with E-state index in [1.54, 1.807) is 0 Å². The maximum atomic E-state index is 11.9. The highest BCUT2D eigenvalue weighted by Gasteiger charge is 2.24. The summed E-state index contributed by atoms with van der Waals surface area (Å²) >= 11 is 0. The van der Waals surface area contributed by atoms with E-state index in [2.05, 4.69) is 24.4 Å². The molecule has 2 rings (SSSR count). The Morgan fingerprint density at radius 3 is 2.56 bits per heavy atom. The zero-order valence-corrected chi connectivity index (χ0v) is 9.79. The molecule has 0 spiro atoms. The lowest BCUT2D eigenvalue weighted by molar-refractivity contribution is -0.118. The number of amides is 1. The summed E-state index contributed by atoms with van der Waals surface area (Å²) < 4.78 is 0. The van der Waals surface area contributed by atoms with Gasteiger partial charge >= 0.3 is 0 Å². The van der Waals surface area contributed by atoms with Crippen molar-refractivity contribution in [1.82, 2.24) is 5.32 Å². The second-order valence-corrected chi connectivity index (χ2v) is 4.25. The molecule has 0 saturated carbocycles. The molecular weight excluding hydrogens is 198 g/mol. The zero-order chi connectivity index (χ0) is 11.5. The fourth-order valence-corrected chi connectivity index (χ4v) is 2.27. The van der Waals surface area contributed by atoms with Gasteiger partial charge in [0.1, 0.15) is 0 Å². The molecule has 84 valence electrons. The molecule has 2 nitrogen and oxygen atoms in total. The van der Waals surface area contributed by atoms with E-state index in [0.29, 0.717) is 0 Å². The molecule has 0 radical (unpaired) electrons. The average Bonchev–Trinajstić information content (AvgIpc) is 2.30. The number of carbonyl (C=O) groups excluding carboxylic acids is 1. The summed E-state index contributed by atoms with van der Waals surface area (Å²) in [5.41, 5.74) is 3.36. The Balaban J connectivity index is 2.25. The van der Waals surface area contributed by atoms with Gasteiger partial charge in [-0.05, 0) is 25.3 Å². The van der Waals surface area contributed by atoms with E-state index >= 15 is 0 Å². The number of benzene rings is 1. The highest BCUT2D eigenvalue weighted by Crippen LogP contribution is 2.28. The molecule has 1 N–H and O–H groups in total. The van der Waals surface area contributed by atoms with E-state index in [-0.39, 0.29) is 11.9 Å². The van der Waals surface area contributed by atoms with Crippen molar-refractivity contribution in [3.63, 3.8) is 0 Å². The van der Waals surface area contributed by atoms with Gasteiger partial charge in [-0.2, -0.15) is 0 Å². The highest BCUT2D eigenvalue weighted by molar-refractivity contribution is 5.95. The Bertz CT molecular complexity index is 420. The lowest BCUT2D eigenvalue weighted by atomic mass is 9.91. The van der Waals surface area contributed by atoms with Gasteiger partial charge in [0.15, 0.2) is 0 Å². The topological polar surface area (TPSA) is 29.1 Å². The maximum absolute atomic E-state index is 11.9. The van der Waals surface area contributed by atoms with Crippen LogP contribution in [-0.2, 0) is 4.79 Å². The quantitative estimate of drug-likeness (QED) is 0.807. The van der Waals surface area contributed by atoms with Crippen LogP contribution in [0.15, 0.2) is 41.5 Å². The van der Waals surface area contributed by atoms with E-state index in [0.717, 1.165) is 18.4 Å². The molecular formula is C14H17NO. The third-order valence-corrected chi connectivity index (χ3v) is 3.16. The predicted octanol–water partition coefficient (Wildman–Crippen LogP) is 2.97. The van der Waals surface area contributed by atoms with Gasteiger partial charge < -0.3 is 5.32 Å². The van der Waals surface area contributed by atoms with Crippen LogP contribution in [0, 0.1) is 0 Å². The summed E-state index contributed by atoms with van der Waals surface area (Å²) in [6.07, 6.45) is 1.75. The molecule has 0 aliphatic carbocycles. The third kappa shape index (κ3) is 2.01. The molecule has 1 aromatic rings. The first-order valence-corrected chi connectivity index (χ1v) is 5.76. The molecule has 1 atom stereocenters. The molecule has 0 fully saturated rings. The maximum Gasteiger partial charge on any atom is 0.247 e. The SMILES string of the molecule is CCC1=C(C)CC(c2ccccc2)NC1=O. The minimum Gasteiger partial charge on any atom is -0.345 e. The molecule has 1 heterocycles. The van der Waals surface area contributed by atoms with Crippen LogP contribution in [0.4, 0.5) is 0 Å². The van der Waals surface area contributed by atoms with Crippen LogP contribution < -0.4 is 5.32 Å². The fraction of sp³-hybridized carbons (Fsp3) is 0.357. The van der Waals surface area contributed by atoms with Gasteiger partial charge in [0.2, 0.25) is 5.91 Å². The second-order valence-electron chi connectivity index (χ2n) is 4.25. The molecule has 1 amide bonds. The lowest BCUT2D eigenvalue weighted by Crippen LogP contribution is -2.34. The smallest absolute Gasteiger partial charge is 0.247 e. The summed E-state index contributed by atoms with van der Waals surface area (Å²) in [7, 11) is 0. The summed E-state index contributed by atoms with van der Waals surface area (Å²) in [6, 6.07) is 10.3. The number of nitrogens with one attached hydrogen (secondary N) is 1. The Labute approximate surface area is 96.4 Å².